The Labute approximate surface area is 164 Å². The van der Waals surface area contributed by atoms with Crippen molar-refractivity contribution in [2.75, 3.05) is 6.54 Å². The molecule has 2 heterocycles. The number of pyridine rings is 1. The maximum atomic E-state index is 12.5. The molecule has 1 saturated heterocycles. The third kappa shape index (κ3) is 4.30. The lowest BCUT2D eigenvalue weighted by Gasteiger charge is -2.25. The first-order valence-corrected chi connectivity index (χ1v) is 9.68. The number of halogens is 1. The van der Waals surface area contributed by atoms with Crippen molar-refractivity contribution in [1.82, 2.24) is 9.88 Å². The van der Waals surface area contributed by atoms with Crippen LogP contribution in [-0.4, -0.2) is 33.4 Å². The van der Waals surface area contributed by atoms with E-state index in [9.17, 15) is 14.7 Å². The molecule has 0 aliphatic carbocycles. The van der Waals surface area contributed by atoms with Crippen LogP contribution in [-0.2, 0) is 4.79 Å². The molecule has 0 saturated carbocycles. The highest BCUT2D eigenvalue weighted by Crippen LogP contribution is 2.34. The number of carboxylic acids is 1. The van der Waals surface area contributed by atoms with Gasteiger partial charge < -0.3 is 10.0 Å². The first-order valence-electron chi connectivity index (χ1n) is 9.31. The van der Waals surface area contributed by atoms with Gasteiger partial charge in [0.2, 0.25) is 5.91 Å². The van der Waals surface area contributed by atoms with E-state index in [1.807, 2.05) is 4.90 Å². The zero-order chi connectivity index (χ0) is 19.4. The molecule has 0 spiro atoms. The van der Waals surface area contributed by atoms with E-state index in [1.165, 1.54) is 0 Å². The monoisotopic (exact) mass is 386 g/mol. The molecule has 1 aliphatic heterocycles. The van der Waals surface area contributed by atoms with Gasteiger partial charge in [-0.05, 0) is 43.5 Å². The van der Waals surface area contributed by atoms with E-state index in [2.05, 4.69) is 11.9 Å². The van der Waals surface area contributed by atoms with Gasteiger partial charge in [0.05, 0.1) is 23.0 Å². The van der Waals surface area contributed by atoms with Gasteiger partial charge in [-0.1, -0.05) is 37.1 Å². The van der Waals surface area contributed by atoms with Crippen LogP contribution in [0.3, 0.4) is 0 Å². The summed E-state index contributed by atoms with van der Waals surface area (Å²) in [5, 5.41) is 10.1. The number of hydrogen-bond acceptors (Lipinski definition) is 3. The van der Waals surface area contributed by atoms with Crippen molar-refractivity contribution in [1.29, 1.82) is 0 Å². The molecular weight excluding hydrogens is 364 g/mol. The van der Waals surface area contributed by atoms with E-state index in [4.69, 9.17) is 11.6 Å². The summed E-state index contributed by atoms with van der Waals surface area (Å²) in [4.78, 5) is 30.8. The minimum atomic E-state index is -1.04. The first kappa shape index (κ1) is 19.4. The van der Waals surface area contributed by atoms with Crippen LogP contribution >= 0.6 is 11.6 Å². The standard InChI is InChI=1S/C21H23ClN2O3/c1-2-3-9-19(25)24-12-5-8-18(24)17-11-10-16(21(26)27)20(23-17)14-6-4-7-15(22)13-14/h4,6-7,10-11,13,18H,2-3,5,8-9,12H2,1H3,(H,26,27)/t18-/m1/s1. The Balaban J connectivity index is 1.98. The van der Waals surface area contributed by atoms with E-state index < -0.39 is 5.97 Å². The Morgan fingerprint density at radius 1 is 1.30 bits per heavy atom. The number of likely N-dealkylation sites (tertiary alicyclic amines) is 1. The van der Waals surface area contributed by atoms with Gasteiger partial charge in [-0.3, -0.25) is 4.79 Å². The number of unbranched alkanes of at least 4 members (excludes halogenated alkanes) is 1. The van der Waals surface area contributed by atoms with Gasteiger partial charge in [-0.25, -0.2) is 9.78 Å². The SMILES string of the molecule is CCCCC(=O)N1CCC[C@@H]1c1ccc(C(=O)O)c(-c2cccc(Cl)c2)n1. The topological polar surface area (TPSA) is 70.5 Å². The van der Waals surface area contributed by atoms with Crippen LogP contribution in [0.25, 0.3) is 11.3 Å². The van der Waals surface area contributed by atoms with Crippen LogP contribution in [0.2, 0.25) is 5.02 Å². The van der Waals surface area contributed by atoms with Crippen molar-refractivity contribution < 1.29 is 14.7 Å². The predicted molar refractivity (Wildman–Crippen MR) is 105 cm³/mol. The molecule has 2 aromatic rings. The number of amides is 1. The van der Waals surface area contributed by atoms with Crippen molar-refractivity contribution in [3.8, 4) is 11.3 Å². The Kier molecular flexibility index (Phi) is 6.11. The summed E-state index contributed by atoms with van der Waals surface area (Å²) in [6.45, 7) is 2.79. The molecule has 27 heavy (non-hydrogen) atoms. The number of nitrogens with zero attached hydrogens (tertiary/aromatic N) is 2. The molecule has 0 bridgehead atoms. The van der Waals surface area contributed by atoms with E-state index in [-0.39, 0.29) is 17.5 Å². The highest BCUT2D eigenvalue weighted by atomic mass is 35.5. The second kappa shape index (κ2) is 8.53. The van der Waals surface area contributed by atoms with Gasteiger partial charge in [0.1, 0.15) is 0 Å². The normalized spacial score (nSPS) is 16.5. The zero-order valence-corrected chi connectivity index (χ0v) is 16.1. The second-order valence-corrected chi connectivity index (χ2v) is 7.23. The average molecular weight is 387 g/mol. The summed E-state index contributed by atoms with van der Waals surface area (Å²) in [6, 6.07) is 10.2. The third-order valence-electron chi connectivity index (χ3n) is 4.90. The molecular formula is C21H23ClN2O3. The zero-order valence-electron chi connectivity index (χ0n) is 15.3. The number of carboxylic acid groups (broad SMARTS) is 1. The molecule has 1 amide bonds. The molecule has 1 atom stereocenters. The molecule has 1 N–H and O–H groups in total. The average Bonchev–Trinajstić information content (AvgIpc) is 3.15. The summed E-state index contributed by atoms with van der Waals surface area (Å²) in [5.41, 5.74) is 1.90. The van der Waals surface area contributed by atoms with Crippen molar-refractivity contribution in [3.63, 3.8) is 0 Å². The van der Waals surface area contributed by atoms with Crippen LogP contribution < -0.4 is 0 Å². The van der Waals surface area contributed by atoms with Crippen molar-refractivity contribution in [2.24, 2.45) is 0 Å². The van der Waals surface area contributed by atoms with Gasteiger partial charge >= 0.3 is 5.97 Å². The fourth-order valence-corrected chi connectivity index (χ4v) is 3.72. The number of aromatic carboxylic acids is 1. The van der Waals surface area contributed by atoms with E-state index in [0.29, 0.717) is 22.7 Å². The number of carbonyl (C=O) groups excluding carboxylic acids is 1. The van der Waals surface area contributed by atoms with Gasteiger partial charge in [0, 0.05) is 23.6 Å². The van der Waals surface area contributed by atoms with Gasteiger partial charge in [0.15, 0.2) is 0 Å². The fraction of sp³-hybridized carbons (Fsp3) is 0.381. The van der Waals surface area contributed by atoms with E-state index >= 15 is 0 Å². The second-order valence-electron chi connectivity index (χ2n) is 6.80. The summed E-state index contributed by atoms with van der Waals surface area (Å²) in [6.07, 6.45) is 4.17. The Morgan fingerprint density at radius 2 is 2.11 bits per heavy atom. The smallest absolute Gasteiger partial charge is 0.337 e. The molecule has 0 radical (unpaired) electrons. The minimum Gasteiger partial charge on any atom is -0.478 e. The molecule has 142 valence electrons. The summed E-state index contributed by atoms with van der Waals surface area (Å²) < 4.78 is 0. The summed E-state index contributed by atoms with van der Waals surface area (Å²) in [7, 11) is 0. The largest absolute Gasteiger partial charge is 0.478 e. The summed E-state index contributed by atoms with van der Waals surface area (Å²) in [5.74, 6) is -0.890. The number of rotatable bonds is 6. The van der Waals surface area contributed by atoms with E-state index in [0.717, 1.165) is 37.9 Å². The first-order chi connectivity index (χ1) is 13.0. The van der Waals surface area contributed by atoms with Crippen LogP contribution in [0.15, 0.2) is 36.4 Å². The van der Waals surface area contributed by atoms with Crippen LogP contribution in [0.4, 0.5) is 0 Å². The Bertz CT molecular complexity index is 853. The van der Waals surface area contributed by atoms with Gasteiger partial charge in [0.25, 0.3) is 0 Å². The van der Waals surface area contributed by atoms with Crippen molar-refractivity contribution in [2.45, 2.75) is 45.1 Å². The summed E-state index contributed by atoms with van der Waals surface area (Å²) >= 11 is 6.08. The number of hydrogen-bond donors (Lipinski definition) is 1. The third-order valence-corrected chi connectivity index (χ3v) is 5.14. The highest BCUT2D eigenvalue weighted by molar-refractivity contribution is 6.30. The number of carbonyl (C=O) groups is 2. The number of benzene rings is 1. The molecule has 1 fully saturated rings. The minimum absolute atomic E-state index is 0.102. The number of aromatic nitrogens is 1. The lowest BCUT2D eigenvalue weighted by atomic mass is 10.0. The molecule has 5 nitrogen and oxygen atoms in total. The highest BCUT2D eigenvalue weighted by Gasteiger charge is 2.31. The molecule has 6 heteroatoms. The molecule has 1 aliphatic rings. The van der Waals surface area contributed by atoms with E-state index in [1.54, 1.807) is 36.4 Å². The molecule has 1 aromatic heterocycles. The lowest BCUT2D eigenvalue weighted by Crippen LogP contribution is -2.30. The van der Waals surface area contributed by atoms with Crippen molar-refractivity contribution in [3.05, 3.63) is 52.7 Å². The Hall–Kier alpha value is -2.40. The molecule has 3 rings (SSSR count). The maximum absolute atomic E-state index is 12.5. The maximum Gasteiger partial charge on any atom is 0.337 e. The molecule has 1 aromatic carbocycles. The van der Waals surface area contributed by atoms with Crippen LogP contribution in [0.1, 0.15) is 61.1 Å². The quantitative estimate of drug-likeness (QED) is 0.762. The van der Waals surface area contributed by atoms with Gasteiger partial charge in [-0.2, -0.15) is 0 Å². The lowest BCUT2D eigenvalue weighted by molar-refractivity contribution is -0.132. The Morgan fingerprint density at radius 3 is 2.81 bits per heavy atom. The predicted octanol–water partition coefficient (Wildman–Crippen LogP) is 4.95. The van der Waals surface area contributed by atoms with Crippen LogP contribution in [0.5, 0.6) is 0 Å². The molecule has 0 unspecified atom stereocenters. The van der Waals surface area contributed by atoms with Crippen LogP contribution in [0, 0.1) is 0 Å². The van der Waals surface area contributed by atoms with Gasteiger partial charge in [-0.15, -0.1) is 0 Å². The fourth-order valence-electron chi connectivity index (χ4n) is 3.53. The van der Waals surface area contributed by atoms with Crippen molar-refractivity contribution >= 4 is 23.5 Å².